The SMILES string of the molecule is COC1=NC=CC(C2CN(C)CC(C)O2)C=C1. The van der Waals surface area contributed by atoms with E-state index in [1.165, 1.54) is 0 Å². The summed E-state index contributed by atoms with van der Waals surface area (Å²) in [5, 5.41) is 0. The summed E-state index contributed by atoms with van der Waals surface area (Å²) in [6, 6.07) is 0. The third-order valence-electron chi connectivity index (χ3n) is 3.08. The third kappa shape index (κ3) is 3.17. The molecule has 0 N–H and O–H groups in total. The summed E-state index contributed by atoms with van der Waals surface area (Å²) in [5.41, 5.74) is 0. The first-order chi connectivity index (χ1) is 8.19. The maximum absolute atomic E-state index is 5.98. The zero-order valence-electron chi connectivity index (χ0n) is 10.7. The Kier molecular flexibility index (Phi) is 3.97. The van der Waals surface area contributed by atoms with Gasteiger partial charge in [-0.05, 0) is 20.0 Å². The highest BCUT2D eigenvalue weighted by Crippen LogP contribution is 2.20. The number of aliphatic imine (C=N–C) groups is 1. The van der Waals surface area contributed by atoms with Gasteiger partial charge in [0, 0.05) is 25.2 Å². The Hall–Kier alpha value is -1.13. The fourth-order valence-electron chi connectivity index (χ4n) is 2.30. The van der Waals surface area contributed by atoms with Gasteiger partial charge >= 0.3 is 0 Å². The lowest BCUT2D eigenvalue weighted by Crippen LogP contribution is -2.46. The molecule has 0 saturated carbocycles. The molecule has 4 heteroatoms. The van der Waals surface area contributed by atoms with Crippen molar-refractivity contribution in [2.45, 2.75) is 19.1 Å². The molecule has 0 aromatic carbocycles. The van der Waals surface area contributed by atoms with Gasteiger partial charge in [0.15, 0.2) is 0 Å². The molecule has 0 radical (unpaired) electrons. The minimum atomic E-state index is 0.197. The van der Waals surface area contributed by atoms with Gasteiger partial charge < -0.3 is 14.4 Å². The van der Waals surface area contributed by atoms with E-state index in [1.54, 1.807) is 13.3 Å². The van der Waals surface area contributed by atoms with Crippen LogP contribution in [0.1, 0.15) is 6.92 Å². The third-order valence-corrected chi connectivity index (χ3v) is 3.08. The van der Waals surface area contributed by atoms with E-state index in [2.05, 4.69) is 36.0 Å². The summed E-state index contributed by atoms with van der Waals surface area (Å²) in [4.78, 5) is 6.49. The Balaban J connectivity index is 2.04. The molecule has 1 saturated heterocycles. The number of hydrogen-bond acceptors (Lipinski definition) is 4. The molecule has 2 aliphatic heterocycles. The van der Waals surface area contributed by atoms with Crippen molar-refractivity contribution in [3.05, 3.63) is 24.4 Å². The molecule has 0 aromatic heterocycles. The van der Waals surface area contributed by atoms with Crippen LogP contribution in [0.15, 0.2) is 29.4 Å². The van der Waals surface area contributed by atoms with Gasteiger partial charge in [-0.15, -0.1) is 0 Å². The van der Waals surface area contributed by atoms with Gasteiger partial charge in [0.2, 0.25) is 5.90 Å². The molecular weight excluding hydrogens is 216 g/mol. The van der Waals surface area contributed by atoms with E-state index in [9.17, 15) is 0 Å². The maximum atomic E-state index is 5.98. The highest BCUT2D eigenvalue weighted by molar-refractivity contribution is 5.88. The smallest absolute Gasteiger partial charge is 0.212 e. The van der Waals surface area contributed by atoms with Crippen LogP contribution in [0.25, 0.3) is 0 Å². The first kappa shape index (κ1) is 12.3. The van der Waals surface area contributed by atoms with Gasteiger partial charge in [-0.25, -0.2) is 4.99 Å². The second-order valence-corrected chi connectivity index (χ2v) is 4.66. The summed E-state index contributed by atoms with van der Waals surface area (Å²) in [6.45, 7) is 4.06. The van der Waals surface area contributed by atoms with Crippen molar-refractivity contribution in [2.75, 3.05) is 27.2 Å². The molecule has 17 heavy (non-hydrogen) atoms. The van der Waals surface area contributed by atoms with Crippen LogP contribution in [-0.2, 0) is 9.47 Å². The fraction of sp³-hybridized carbons (Fsp3) is 0.615. The van der Waals surface area contributed by atoms with E-state index in [0.717, 1.165) is 13.1 Å². The second-order valence-electron chi connectivity index (χ2n) is 4.66. The summed E-state index contributed by atoms with van der Waals surface area (Å²) in [6.07, 6.45) is 8.36. The molecule has 0 aliphatic carbocycles. The van der Waals surface area contributed by atoms with Gasteiger partial charge in [-0.2, -0.15) is 0 Å². The molecule has 0 amide bonds. The van der Waals surface area contributed by atoms with Crippen molar-refractivity contribution < 1.29 is 9.47 Å². The average Bonchev–Trinajstić information content (AvgIpc) is 2.52. The van der Waals surface area contributed by atoms with Crippen LogP contribution in [0.5, 0.6) is 0 Å². The predicted molar refractivity (Wildman–Crippen MR) is 68.0 cm³/mol. The topological polar surface area (TPSA) is 34.1 Å². The van der Waals surface area contributed by atoms with Crippen LogP contribution in [0.4, 0.5) is 0 Å². The Labute approximate surface area is 103 Å². The molecule has 1 fully saturated rings. The lowest BCUT2D eigenvalue weighted by Gasteiger charge is -2.36. The van der Waals surface area contributed by atoms with Gasteiger partial charge in [0.1, 0.15) is 0 Å². The Morgan fingerprint density at radius 2 is 2.24 bits per heavy atom. The van der Waals surface area contributed by atoms with Crippen LogP contribution in [0, 0.1) is 5.92 Å². The number of hydrogen-bond donors (Lipinski definition) is 0. The molecular formula is C13H20N2O2. The van der Waals surface area contributed by atoms with Crippen LogP contribution in [-0.4, -0.2) is 50.3 Å². The standard InChI is InChI=1S/C13H20N2O2/c1-10-8-15(2)9-12(17-10)11-4-5-13(16-3)14-7-6-11/h4-7,10-12H,8-9H2,1-3H3. The molecule has 3 unspecified atom stereocenters. The van der Waals surface area contributed by atoms with Crippen LogP contribution < -0.4 is 0 Å². The Morgan fingerprint density at radius 1 is 1.41 bits per heavy atom. The van der Waals surface area contributed by atoms with Crippen molar-refractivity contribution in [3.8, 4) is 0 Å². The Morgan fingerprint density at radius 3 is 2.94 bits per heavy atom. The van der Waals surface area contributed by atoms with Crippen LogP contribution in [0.3, 0.4) is 0 Å². The zero-order valence-corrected chi connectivity index (χ0v) is 10.7. The van der Waals surface area contributed by atoms with Crippen LogP contribution in [0.2, 0.25) is 0 Å². The number of nitrogens with zero attached hydrogens (tertiary/aromatic N) is 2. The average molecular weight is 236 g/mol. The molecule has 2 aliphatic rings. The van der Waals surface area contributed by atoms with Crippen molar-refractivity contribution in [2.24, 2.45) is 10.9 Å². The molecule has 4 nitrogen and oxygen atoms in total. The van der Waals surface area contributed by atoms with E-state index in [4.69, 9.17) is 9.47 Å². The number of rotatable bonds is 1. The monoisotopic (exact) mass is 236 g/mol. The number of ether oxygens (including phenoxy) is 2. The minimum absolute atomic E-state index is 0.197. The van der Waals surface area contributed by atoms with Gasteiger partial charge in [0.25, 0.3) is 0 Å². The highest BCUT2D eigenvalue weighted by Gasteiger charge is 2.27. The summed E-state index contributed by atoms with van der Waals surface area (Å²) in [5.74, 6) is 0.901. The number of morpholine rings is 1. The van der Waals surface area contributed by atoms with Crippen molar-refractivity contribution in [1.82, 2.24) is 4.90 Å². The Bertz CT molecular complexity index is 339. The van der Waals surface area contributed by atoms with Gasteiger partial charge in [0.05, 0.1) is 19.3 Å². The molecule has 0 aromatic rings. The molecule has 2 heterocycles. The first-order valence-corrected chi connectivity index (χ1v) is 5.99. The zero-order chi connectivity index (χ0) is 12.3. The largest absolute Gasteiger partial charge is 0.481 e. The van der Waals surface area contributed by atoms with Gasteiger partial charge in [-0.3, -0.25) is 0 Å². The molecule has 0 bridgehead atoms. The summed E-state index contributed by atoms with van der Waals surface area (Å²) in [7, 11) is 3.76. The summed E-state index contributed by atoms with van der Waals surface area (Å²) >= 11 is 0. The molecule has 3 atom stereocenters. The normalized spacial score (nSPS) is 34.3. The van der Waals surface area contributed by atoms with E-state index < -0.39 is 0 Å². The van der Waals surface area contributed by atoms with Crippen molar-refractivity contribution in [1.29, 1.82) is 0 Å². The van der Waals surface area contributed by atoms with E-state index in [1.807, 2.05) is 6.08 Å². The van der Waals surface area contributed by atoms with E-state index in [-0.39, 0.29) is 18.1 Å². The van der Waals surface area contributed by atoms with Crippen LogP contribution >= 0.6 is 0 Å². The predicted octanol–water partition coefficient (Wildman–Crippen LogP) is 1.45. The molecule has 0 spiro atoms. The molecule has 2 rings (SSSR count). The second kappa shape index (κ2) is 5.47. The minimum Gasteiger partial charge on any atom is -0.481 e. The van der Waals surface area contributed by atoms with Crippen molar-refractivity contribution in [3.63, 3.8) is 0 Å². The first-order valence-electron chi connectivity index (χ1n) is 5.99. The maximum Gasteiger partial charge on any atom is 0.212 e. The lowest BCUT2D eigenvalue weighted by atomic mass is 9.99. The number of methoxy groups -OCH3 is 1. The fourth-order valence-corrected chi connectivity index (χ4v) is 2.30. The quantitative estimate of drug-likeness (QED) is 0.691. The highest BCUT2D eigenvalue weighted by atomic mass is 16.5. The lowest BCUT2D eigenvalue weighted by molar-refractivity contribution is -0.0796. The molecule has 94 valence electrons. The van der Waals surface area contributed by atoms with Crippen molar-refractivity contribution >= 4 is 5.90 Å². The summed E-state index contributed by atoms with van der Waals surface area (Å²) < 4.78 is 11.1. The van der Waals surface area contributed by atoms with E-state index >= 15 is 0 Å². The van der Waals surface area contributed by atoms with Gasteiger partial charge in [-0.1, -0.05) is 12.2 Å². The van der Waals surface area contributed by atoms with E-state index in [0.29, 0.717) is 5.90 Å². The number of likely N-dealkylation sites (N-methyl/N-ethyl adjacent to an activating group) is 1.